The predicted molar refractivity (Wildman–Crippen MR) is 67.2 cm³/mol. The third kappa shape index (κ3) is 2.90. The molecule has 1 amide bonds. The van der Waals surface area contributed by atoms with E-state index in [0.717, 1.165) is 17.7 Å². The van der Waals surface area contributed by atoms with E-state index in [1.54, 1.807) is 31.0 Å². The van der Waals surface area contributed by atoms with Crippen LogP contribution in [0.5, 0.6) is 5.75 Å². The lowest BCUT2D eigenvalue weighted by atomic mass is 10.1. The lowest BCUT2D eigenvalue weighted by Crippen LogP contribution is -2.26. The average Bonchev–Trinajstić information content (AvgIpc) is 2.75. The van der Waals surface area contributed by atoms with Crippen LogP contribution in [-0.2, 0) is 7.05 Å². The van der Waals surface area contributed by atoms with Gasteiger partial charge in [0.25, 0.3) is 5.91 Å². The van der Waals surface area contributed by atoms with Crippen molar-refractivity contribution in [1.82, 2.24) is 15.1 Å². The Bertz CT molecular complexity index is 610. The van der Waals surface area contributed by atoms with Gasteiger partial charge >= 0.3 is 0 Å². The first kappa shape index (κ1) is 13.1. The summed E-state index contributed by atoms with van der Waals surface area (Å²) in [5, 5.41) is 16.3. The Hall–Kier alpha value is -2.37. The van der Waals surface area contributed by atoms with E-state index in [1.807, 2.05) is 0 Å². The quantitative estimate of drug-likeness (QED) is 0.886. The van der Waals surface area contributed by atoms with Gasteiger partial charge < -0.3 is 10.4 Å². The van der Waals surface area contributed by atoms with E-state index < -0.39 is 11.7 Å². The van der Waals surface area contributed by atoms with Crippen molar-refractivity contribution in [3.8, 4) is 5.75 Å². The Kier molecular flexibility index (Phi) is 3.50. The maximum atomic E-state index is 12.8. The second-order valence-corrected chi connectivity index (χ2v) is 4.30. The second kappa shape index (κ2) is 5.09. The summed E-state index contributed by atoms with van der Waals surface area (Å²) in [5.74, 6) is -1.43. The molecule has 1 atom stereocenters. The molecule has 2 rings (SSSR count). The van der Waals surface area contributed by atoms with Crippen LogP contribution in [-0.4, -0.2) is 20.8 Å². The van der Waals surface area contributed by atoms with Gasteiger partial charge in [0, 0.05) is 24.9 Å². The van der Waals surface area contributed by atoms with Gasteiger partial charge in [0.1, 0.15) is 11.6 Å². The minimum Gasteiger partial charge on any atom is -0.507 e. The van der Waals surface area contributed by atoms with E-state index in [2.05, 4.69) is 10.4 Å². The maximum Gasteiger partial charge on any atom is 0.255 e. The van der Waals surface area contributed by atoms with Crippen molar-refractivity contribution in [2.45, 2.75) is 13.0 Å². The first-order valence-corrected chi connectivity index (χ1v) is 5.75. The number of carbonyl (C=O) groups is 1. The minimum atomic E-state index is -0.589. The monoisotopic (exact) mass is 263 g/mol. The number of amides is 1. The Balaban J connectivity index is 2.12. The molecule has 6 heteroatoms. The molecule has 0 spiro atoms. The number of aromatic nitrogens is 2. The largest absolute Gasteiger partial charge is 0.507 e. The lowest BCUT2D eigenvalue weighted by Gasteiger charge is -2.12. The second-order valence-electron chi connectivity index (χ2n) is 4.30. The summed E-state index contributed by atoms with van der Waals surface area (Å²) in [5.41, 5.74) is 0.884. The number of halogens is 1. The van der Waals surface area contributed by atoms with E-state index >= 15 is 0 Å². The van der Waals surface area contributed by atoms with Crippen LogP contribution in [0.2, 0.25) is 0 Å². The highest BCUT2D eigenvalue weighted by atomic mass is 19.1. The predicted octanol–water partition coefficient (Wildman–Crippen LogP) is 1.76. The normalized spacial score (nSPS) is 12.2. The van der Waals surface area contributed by atoms with E-state index in [4.69, 9.17) is 0 Å². The number of nitrogens with zero attached hydrogens (tertiary/aromatic N) is 2. The number of carbonyl (C=O) groups excluding carboxylic acids is 1. The zero-order valence-corrected chi connectivity index (χ0v) is 10.6. The standard InChI is InChI=1S/C13H14FN3O2/c1-8(9-6-15-17(2)7-9)16-13(19)11-4-3-10(14)5-12(11)18/h3-8,18H,1-2H3,(H,16,19)/t8-/m1/s1. The molecule has 100 valence electrons. The van der Waals surface area contributed by atoms with Crippen LogP contribution in [0.3, 0.4) is 0 Å². The molecule has 5 nitrogen and oxygen atoms in total. The van der Waals surface area contributed by atoms with E-state index in [0.29, 0.717) is 0 Å². The molecule has 0 bridgehead atoms. The molecule has 1 heterocycles. The summed E-state index contributed by atoms with van der Waals surface area (Å²) < 4.78 is 14.5. The molecule has 0 aliphatic heterocycles. The molecule has 1 aromatic heterocycles. The lowest BCUT2D eigenvalue weighted by molar-refractivity contribution is 0.0937. The van der Waals surface area contributed by atoms with Crippen LogP contribution in [0.15, 0.2) is 30.6 Å². The number of hydrogen-bond donors (Lipinski definition) is 2. The van der Waals surface area contributed by atoms with Crippen molar-refractivity contribution < 1.29 is 14.3 Å². The number of hydrogen-bond acceptors (Lipinski definition) is 3. The number of nitrogens with one attached hydrogen (secondary N) is 1. The van der Waals surface area contributed by atoms with Gasteiger partial charge in [-0.05, 0) is 19.1 Å². The summed E-state index contributed by atoms with van der Waals surface area (Å²) in [6, 6.07) is 3.02. The van der Waals surface area contributed by atoms with Crippen molar-refractivity contribution in [1.29, 1.82) is 0 Å². The first-order valence-electron chi connectivity index (χ1n) is 5.75. The summed E-state index contributed by atoms with van der Waals surface area (Å²) in [6.45, 7) is 1.80. The highest BCUT2D eigenvalue weighted by Crippen LogP contribution is 2.19. The van der Waals surface area contributed by atoms with E-state index in [9.17, 15) is 14.3 Å². The van der Waals surface area contributed by atoms with Crippen molar-refractivity contribution >= 4 is 5.91 Å². The molecular weight excluding hydrogens is 249 g/mol. The highest BCUT2D eigenvalue weighted by Gasteiger charge is 2.16. The number of aromatic hydroxyl groups is 1. The molecule has 0 aliphatic rings. The average molecular weight is 263 g/mol. The van der Waals surface area contributed by atoms with Gasteiger partial charge in [-0.25, -0.2) is 4.39 Å². The molecule has 0 saturated carbocycles. The molecular formula is C13H14FN3O2. The van der Waals surface area contributed by atoms with Gasteiger partial charge in [0.15, 0.2) is 0 Å². The van der Waals surface area contributed by atoms with Crippen molar-refractivity contribution in [2.75, 3.05) is 0 Å². The smallest absolute Gasteiger partial charge is 0.255 e. The molecule has 2 aromatic rings. The van der Waals surface area contributed by atoms with Gasteiger partial charge in [-0.15, -0.1) is 0 Å². The molecule has 1 aromatic carbocycles. The maximum absolute atomic E-state index is 12.8. The third-order valence-corrected chi connectivity index (χ3v) is 2.78. The molecule has 0 aliphatic carbocycles. The fourth-order valence-electron chi connectivity index (χ4n) is 1.72. The zero-order valence-electron chi connectivity index (χ0n) is 10.6. The van der Waals surface area contributed by atoms with Crippen LogP contribution < -0.4 is 5.32 Å². The summed E-state index contributed by atoms with van der Waals surface area (Å²) in [4.78, 5) is 11.9. The zero-order chi connectivity index (χ0) is 14.0. The van der Waals surface area contributed by atoms with Crippen molar-refractivity contribution in [3.05, 3.63) is 47.5 Å². The summed E-state index contributed by atoms with van der Waals surface area (Å²) in [6.07, 6.45) is 3.44. The molecule has 0 saturated heterocycles. The first-order chi connectivity index (χ1) is 8.97. The van der Waals surface area contributed by atoms with Crippen LogP contribution in [0.4, 0.5) is 4.39 Å². The van der Waals surface area contributed by atoms with Crippen LogP contribution in [0.1, 0.15) is 28.9 Å². The Morgan fingerprint density at radius 2 is 2.26 bits per heavy atom. The summed E-state index contributed by atoms with van der Waals surface area (Å²) >= 11 is 0. The SMILES string of the molecule is C[C@@H](NC(=O)c1ccc(F)cc1O)c1cnn(C)c1. The van der Waals surface area contributed by atoms with Gasteiger partial charge in [0.05, 0.1) is 17.8 Å². The van der Waals surface area contributed by atoms with E-state index in [1.165, 1.54) is 6.07 Å². The van der Waals surface area contributed by atoms with Gasteiger partial charge in [-0.3, -0.25) is 9.48 Å². The van der Waals surface area contributed by atoms with Crippen molar-refractivity contribution in [2.24, 2.45) is 7.05 Å². The number of phenols is 1. The molecule has 0 radical (unpaired) electrons. The molecule has 19 heavy (non-hydrogen) atoms. The topological polar surface area (TPSA) is 67.2 Å². The van der Waals surface area contributed by atoms with Gasteiger partial charge in [-0.1, -0.05) is 0 Å². The van der Waals surface area contributed by atoms with Crippen LogP contribution >= 0.6 is 0 Å². The fourth-order valence-corrected chi connectivity index (χ4v) is 1.72. The number of benzene rings is 1. The Morgan fingerprint density at radius 1 is 1.53 bits per heavy atom. The van der Waals surface area contributed by atoms with E-state index in [-0.39, 0.29) is 17.4 Å². The number of rotatable bonds is 3. The van der Waals surface area contributed by atoms with Crippen LogP contribution in [0.25, 0.3) is 0 Å². The van der Waals surface area contributed by atoms with Crippen molar-refractivity contribution in [3.63, 3.8) is 0 Å². The molecule has 0 fully saturated rings. The highest BCUT2D eigenvalue weighted by molar-refractivity contribution is 5.96. The minimum absolute atomic E-state index is 0.0390. The number of aryl methyl sites for hydroxylation is 1. The van der Waals surface area contributed by atoms with Gasteiger partial charge in [-0.2, -0.15) is 5.10 Å². The fraction of sp³-hybridized carbons (Fsp3) is 0.231. The van der Waals surface area contributed by atoms with Crippen LogP contribution in [0, 0.1) is 5.82 Å². The molecule has 0 unspecified atom stereocenters. The summed E-state index contributed by atoms with van der Waals surface area (Å²) in [7, 11) is 1.78. The Morgan fingerprint density at radius 3 is 2.84 bits per heavy atom. The molecule has 2 N–H and O–H groups in total. The Labute approximate surface area is 109 Å². The third-order valence-electron chi connectivity index (χ3n) is 2.78. The van der Waals surface area contributed by atoms with Gasteiger partial charge in [0.2, 0.25) is 0 Å². The number of phenolic OH excluding ortho intramolecular Hbond substituents is 1.